The molecule has 0 aromatic heterocycles. The summed E-state index contributed by atoms with van der Waals surface area (Å²) in [5.41, 5.74) is 5.40. The van der Waals surface area contributed by atoms with Gasteiger partial charge in [0.25, 0.3) is 0 Å². The number of nitrogens with one attached hydrogen (secondary N) is 1. The molecule has 0 aromatic carbocycles. The lowest BCUT2D eigenvalue weighted by molar-refractivity contribution is -0.122. The maximum atomic E-state index is 11.3. The van der Waals surface area contributed by atoms with E-state index in [1.165, 1.54) is 0 Å². The highest BCUT2D eigenvalue weighted by molar-refractivity contribution is 5.77. The normalized spacial score (nSPS) is 29.9. The predicted octanol–water partition coefficient (Wildman–Crippen LogP) is -0.828. The van der Waals surface area contributed by atoms with E-state index in [4.69, 9.17) is 10.5 Å². The van der Waals surface area contributed by atoms with E-state index in [0.717, 1.165) is 52.2 Å². The van der Waals surface area contributed by atoms with Gasteiger partial charge in [-0.2, -0.15) is 0 Å². The van der Waals surface area contributed by atoms with E-state index in [9.17, 15) is 4.79 Å². The first kappa shape index (κ1) is 11.8. The summed E-state index contributed by atoms with van der Waals surface area (Å²) in [4.78, 5) is 13.7. The van der Waals surface area contributed by atoms with E-state index in [1.54, 1.807) is 0 Å². The molecule has 0 bridgehead atoms. The Morgan fingerprint density at radius 2 is 2.12 bits per heavy atom. The first-order valence-corrected chi connectivity index (χ1v) is 6.09. The summed E-state index contributed by atoms with van der Waals surface area (Å²) in [5.74, 6) is -0.239. The Morgan fingerprint density at radius 3 is 2.81 bits per heavy atom. The largest absolute Gasteiger partial charge is 0.381 e. The molecule has 0 radical (unpaired) electrons. The highest BCUT2D eigenvalue weighted by Crippen LogP contribution is 2.16. The molecule has 5 nitrogen and oxygen atoms in total. The van der Waals surface area contributed by atoms with Crippen molar-refractivity contribution in [2.45, 2.75) is 18.9 Å². The van der Waals surface area contributed by atoms with Crippen molar-refractivity contribution in [2.75, 3.05) is 39.4 Å². The minimum Gasteiger partial charge on any atom is -0.381 e. The molecule has 16 heavy (non-hydrogen) atoms. The Balaban J connectivity index is 1.93. The van der Waals surface area contributed by atoms with Crippen LogP contribution in [0.3, 0.4) is 0 Å². The van der Waals surface area contributed by atoms with Crippen molar-refractivity contribution in [1.29, 1.82) is 0 Å². The van der Waals surface area contributed by atoms with Crippen LogP contribution in [0.15, 0.2) is 0 Å². The molecule has 92 valence electrons. The fourth-order valence-corrected chi connectivity index (χ4v) is 2.51. The average molecular weight is 227 g/mol. The Kier molecular flexibility index (Phi) is 4.15. The van der Waals surface area contributed by atoms with Crippen LogP contribution in [0.1, 0.15) is 12.8 Å². The van der Waals surface area contributed by atoms with Gasteiger partial charge in [-0.3, -0.25) is 9.69 Å². The number of hydrogen-bond acceptors (Lipinski definition) is 4. The molecule has 1 atom stereocenters. The van der Waals surface area contributed by atoms with Crippen LogP contribution >= 0.6 is 0 Å². The highest BCUT2D eigenvalue weighted by Gasteiger charge is 2.27. The third kappa shape index (κ3) is 2.93. The van der Waals surface area contributed by atoms with Gasteiger partial charge in [-0.15, -0.1) is 0 Å². The second kappa shape index (κ2) is 5.61. The maximum absolute atomic E-state index is 11.3. The lowest BCUT2D eigenvalue weighted by Crippen LogP contribution is -2.44. The van der Waals surface area contributed by atoms with Crippen molar-refractivity contribution in [1.82, 2.24) is 10.2 Å². The number of carbonyl (C=O) groups is 1. The SMILES string of the molecule is NC(=O)[C@H]1CNCCN(C2CCOCC2)C1. The summed E-state index contributed by atoms with van der Waals surface area (Å²) < 4.78 is 5.36. The molecule has 2 aliphatic rings. The average Bonchev–Trinajstić information content (AvgIpc) is 2.56. The second-order valence-electron chi connectivity index (χ2n) is 4.64. The molecule has 2 rings (SSSR count). The summed E-state index contributed by atoms with van der Waals surface area (Å²) >= 11 is 0. The zero-order chi connectivity index (χ0) is 11.4. The third-order valence-corrected chi connectivity index (χ3v) is 3.53. The predicted molar refractivity (Wildman–Crippen MR) is 61.0 cm³/mol. The molecule has 2 heterocycles. The molecule has 1 amide bonds. The second-order valence-corrected chi connectivity index (χ2v) is 4.64. The van der Waals surface area contributed by atoms with Crippen LogP contribution in [0.5, 0.6) is 0 Å². The molecule has 5 heteroatoms. The first-order valence-electron chi connectivity index (χ1n) is 6.09. The van der Waals surface area contributed by atoms with Crippen molar-refractivity contribution in [2.24, 2.45) is 11.7 Å². The molecule has 3 N–H and O–H groups in total. The van der Waals surface area contributed by atoms with Crippen LogP contribution in [0.25, 0.3) is 0 Å². The van der Waals surface area contributed by atoms with Crippen molar-refractivity contribution in [3.8, 4) is 0 Å². The van der Waals surface area contributed by atoms with Gasteiger partial charge >= 0.3 is 0 Å². The van der Waals surface area contributed by atoms with Crippen molar-refractivity contribution >= 4 is 5.91 Å². The van der Waals surface area contributed by atoms with E-state index in [0.29, 0.717) is 6.04 Å². The molecule has 0 aliphatic carbocycles. The number of amides is 1. The minimum absolute atomic E-state index is 0.0506. The van der Waals surface area contributed by atoms with Gasteiger partial charge in [-0.05, 0) is 12.8 Å². The zero-order valence-corrected chi connectivity index (χ0v) is 9.65. The van der Waals surface area contributed by atoms with E-state index in [-0.39, 0.29) is 11.8 Å². The fraction of sp³-hybridized carbons (Fsp3) is 0.909. The number of carbonyl (C=O) groups excluding carboxylic acids is 1. The maximum Gasteiger partial charge on any atom is 0.223 e. The first-order chi connectivity index (χ1) is 7.77. The molecule has 2 aliphatic heterocycles. The Labute approximate surface area is 96.3 Å². The summed E-state index contributed by atoms with van der Waals surface area (Å²) in [6, 6.07) is 0.565. The van der Waals surface area contributed by atoms with Crippen molar-refractivity contribution in [3.05, 3.63) is 0 Å². The van der Waals surface area contributed by atoms with Gasteiger partial charge in [0.1, 0.15) is 0 Å². The van der Waals surface area contributed by atoms with E-state index >= 15 is 0 Å². The lowest BCUT2D eigenvalue weighted by atomic mass is 10.0. The van der Waals surface area contributed by atoms with E-state index < -0.39 is 0 Å². The van der Waals surface area contributed by atoms with E-state index in [1.807, 2.05) is 0 Å². The quantitative estimate of drug-likeness (QED) is 0.646. The summed E-state index contributed by atoms with van der Waals surface area (Å²) in [5, 5.41) is 3.27. The molecule has 0 unspecified atom stereocenters. The topological polar surface area (TPSA) is 67.6 Å². The van der Waals surface area contributed by atoms with Gasteiger partial charge in [-0.25, -0.2) is 0 Å². The smallest absolute Gasteiger partial charge is 0.223 e. The molecule has 0 aromatic rings. The van der Waals surface area contributed by atoms with Gasteiger partial charge in [0.05, 0.1) is 5.92 Å². The molecule has 0 spiro atoms. The molecule has 2 saturated heterocycles. The summed E-state index contributed by atoms with van der Waals surface area (Å²) in [6.07, 6.45) is 2.15. The van der Waals surface area contributed by atoms with E-state index in [2.05, 4.69) is 10.2 Å². The van der Waals surface area contributed by atoms with Gasteiger partial charge in [-0.1, -0.05) is 0 Å². The monoisotopic (exact) mass is 227 g/mol. The minimum atomic E-state index is -0.188. The van der Waals surface area contributed by atoms with Gasteiger partial charge < -0.3 is 15.8 Å². The van der Waals surface area contributed by atoms with Crippen LogP contribution in [0.2, 0.25) is 0 Å². The third-order valence-electron chi connectivity index (χ3n) is 3.53. The fourth-order valence-electron chi connectivity index (χ4n) is 2.51. The molecule has 2 fully saturated rings. The van der Waals surface area contributed by atoms with Crippen molar-refractivity contribution < 1.29 is 9.53 Å². The highest BCUT2D eigenvalue weighted by atomic mass is 16.5. The van der Waals surface area contributed by atoms with Crippen LogP contribution in [-0.4, -0.2) is 56.2 Å². The van der Waals surface area contributed by atoms with Crippen LogP contribution in [-0.2, 0) is 9.53 Å². The zero-order valence-electron chi connectivity index (χ0n) is 9.65. The number of nitrogens with two attached hydrogens (primary N) is 1. The number of ether oxygens (including phenoxy) is 1. The Morgan fingerprint density at radius 1 is 1.38 bits per heavy atom. The molecular weight excluding hydrogens is 206 g/mol. The van der Waals surface area contributed by atoms with Crippen molar-refractivity contribution in [3.63, 3.8) is 0 Å². The lowest BCUT2D eigenvalue weighted by Gasteiger charge is -2.34. The number of nitrogens with zero attached hydrogens (tertiary/aromatic N) is 1. The van der Waals surface area contributed by atoms with Crippen LogP contribution < -0.4 is 11.1 Å². The number of rotatable bonds is 2. The Bertz CT molecular complexity index is 241. The number of primary amides is 1. The standard InChI is InChI=1S/C11H21N3O2/c12-11(15)9-7-13-3-4-14(8-9)10-1-5-16-6-2-10/h9-10,13H,1-8H2,(H2,12,15)/t9-/m0/s1. The van der Waals surface area contributed by atoms with Crippen LogP contribution in [0.4, 0.5) is 0 Å². The molecule has 0 saturated carbocycles. The summed E-state index contributed by atoms with van der Waals surface area (Å²) in [7, 11) is 0. The van der Waals surface area contributed by atoms with Crippen LogP contribution in [0, 0.1) is 5.92 Å². The Hall–Kier alpha value is -0.650. The summed E-state index contributed by atoms with van der Waals surface area (Å²) in [6.45, 7) is 5.16. The van der Waals surface area contributed by atoms with Gasteiger partial charge in [0, 0.05) is 45.4 Å². The van der Waals surface area contributed by atoms with Gasteiger partial charge in [0.15, 0.2) is 0 Å². The van der Waals surface area contributed by atoms with Gasteiger partial charge in [0.2, 0.25) is 5.91 Å². The molecular formula is C11H21N3O2. The number of hydrogen-bond donors (Lipinski definition) is 2.